The molecule has 1 aliphatic heterocycles. The first-order valence-corrected chi connectivity index (χ1v) is 7.99. The van der Waals surface area contributed by atoms with Gasteiger partial charge in [0.2, 0.25) is 6.10 Å². The molecule has 1 heterocycles. The maximum atomic E-state index is 12.8. The summed E-state index contributed by atoms with van der Waals surface area (Å²) in [6.45, 7) is 0. The van der Waals surface area contributed by atoms with Gasteiger partial charge in [0.15, 0.2) is 0 Å². The molecule has 1 saturated heterocycles. The van der Waals surface area contributed by atoms with Crippen molar-refractivity contribution in [1.82, 2.24) is 0 Å². The van der Waals surface area contributed by atoms with E-state index >= 15 is 0 Å². The molecule has 0 aromatic heterocycles. The van der Waals surface area contributed by atoms with Crippen LogP contribution in [-0.2, 0) is 4.79 Å². The fraction of sp³-hybridized carbons (Fsp3) is 0.0952. The zero-order chi connectivity index (χ0) is 16.4. The number of para-hydroxylation sites is 2. The lowest BCUT2D eigenvalue weighted by Gasteiger charge is -2.46. The highest BCUT2D eigenvalue weighted by atomic mass is 16.5. The molecular weight excluding hydrogens is 298 g/mol. The van der Waals surface area contributed by atoms with Crippen LogP contribution in [0.3, 0.4) is 0 Å². The molecule has 0 unspecified atom stereocenters. The van der Waals surface area contributed by atoms with Crippen LogP contribution in [0.4, 0.5) is 5.69 Å². The minimum Gasteiger partial charge on any atom is -0.478 e. The van der Waals surface area contributed by atoms with Crippen molar-refractivity contribution in [2.75, 3.05) is 4.90 Å². The third kappa shape index (κ3) is 2.54. The maximum absolute atomic E-state index is 12.8. The van der Waals surface area contributed by atoms with Gasteiger partial charge in [0.1, 0.15) is 11.8 Å². The van der Waals surface area contributed by atoms with Crippen molar-refractivity contribution in [3.8, 4) is 5.75 Å². The van der Waals surface area contributed by atoms with Gasteiger partial charge >= 0.3 is 0 Å². The molecule has 2 atom stereocenters. The van der Waals surface area contributed by atoms with E-state index in [0.717, 1.165) is 11.3 Å². The summed E-state index contributed by atoms with van der Waals surface area (Å²) in [4.78, 5) is 14.6. The summed E-state index contributed by atoms with van der Waals surface area (Å²) in [6, 6.07) is 29.1. The number of carbonyl (C=O) groups excluding carboxylic acids is 1. The van der Waals surface area contributed by atoms with E-state index < -0.39 is 6.10 Å². The van der Waals surface area contributed by atoms with E-state index in [-0.39, 0.29) is 11.9 Å². The van der Waals surface area contributed by atoms with Crippen molar-refractivity contribution < 1.29 is 9.53 Å². The Labute approximate surface area is 141 Å². The quantitative estimate of drug-likeness (QED) is 0.675. The lowest BCUT2D eigenvalue weighted by molar-refractivity contribution is -0.135. The zero-order valence-electron chi connectivity index (χ0n) is 13.1. The first-order valence-electron chi connectivity index (χ1n) is 7.99. The minimum absolute atomic E-state index is 0.0149. The largest absolute Gasteiger partial charge is 0.478 e. The van der Waals surface area contributed by atoms with Crippen molar-refractivity contribution in [3.63, 3.8) is 0 Å². The Hall–Kier alpha value is -3.07. The highest BCUT2D eigenvalue weighted by Gasteiger charge is 2.50. The normalized spacial score (nSPS) is 19.7. The molecule has 4 rings (SSSR count). The number of benzene rings is 3. The zero-order valence-corrected chi connectivity index (χ0v) is 13.1. The molecule has 0 radical (unpaired) electrons. The van der Waals surface area contributed by atoms with Crippen molar-refractivity contribution >= 4 is 11.6 Å². The first kappa shape index (κ1) is 14.5. The Morgan fingerprint density at radius 2 is 1.25 bits per heavy atom. The van der Waals surface area contributed by atoms with Crippen LogP contribution in [0.1, 0.15) is 11.6 Å². The Bertz CT molecular complexity index is 818. The summed E-state index contributed by atoms with van der Waals surface area (Å²) in [6.07, 6.45) is -0.505. The second kappa shape index (κ2) is 6.20. The van der Waals surface area contributed by atoms with Gasteiger partial charge in [-0.2, -0.15) is 0 Å². The lowest BCUT2D eigenvalue weighted by atomic mass is 9.89. The number of anilines is 1. The number of nitrogens with zero attached hydrogens (tertiary/aromatic N) is 1. The molecule has 118 valence electrons. The van der Waals surface area contributed by atoms with E-state index in [0.29, 0.717) is 5.75 Å². The molecule has 1 fully saturated rings. The van der Waals surface area contributed by atoms with Gasteiger partial charge in [0.05, 0.1) is 0 Å². The van der Waals surface area contributed by atoms with Crippen LogP contribution < -0.4 is 9.64 Å². The first-order chi connectivity index (χ1) is 11.8. The van der Waals surface area contributed by atoms with Gasteiger partial charge in [-0.05, 0) is 29.8 Å². The van der Waals surface area contributed by atoms with Gasteiger partial charge in [-0.1, -0.05) is 66.7 Å². The van der Waals surface area contributed by atoms with Crippen LogP contribution in [0.5, 0.6) is 5.75 Å². The Kier molecular flexibility index (Phi) is 3.75. The number of hydrogen-bond acceptors (Lipinski definition) is 2. The van der Waals surface area contributed by atoms with Crippen LogP contribution in [0.2, 0.25) is 0 Å². The molecule has 3 heteroatoms. The summed E-state index contributed by atoms with van der Waals surface area (Å²) >= 11 is 0. The van der Waals surface area contributed by atoms with E-state index in [2.05, 4.69) is 0 Å². The van der Waals surface area contributed by atoms with Gasteiger partial charge in [-0.15, -0.1) is 0 Å². The van der Waals surface area contributed by atoms with Gasteiger partial charge < -0.3 is 4.74 Å². The van der Waals surface area contributed by atoms with Crippen LogP contribution in [0.25, 0.3) is 0 Å². The summed E-state index contributed by atoms with van der Waals surface area (Å²) in [7, 11) is 0. The average molecular weight is 315 g/mol. The van der Waals surface area contributed by atoms with Crippen molar-refractivity contribution in [3.05, 3.63) is 96.6 Å². The van der Waals surface area contributed by atoms with Crippen molar-refractivity contribution in [2.45, 2.75) is 12.1 Å². The van der Waals surface area contributed by atoms with Gasteiger partial charge in [-0.3, -0.25) is 9.69 Å². The Morgan fingerprint density at radius 1 is 0.708 bits per heavy atom. The van der Waals surface area contributed by atoms with Crippen LogP contribution >= 0.6 is 0 Å². The highest BCUT2D eigenvalue weighted by Crippen LogP contribution is 2.40. The van der Waals surface area contributed by atoms with E-state index in [1.807, 2.05) is 95.9 Å². The van der Waals surface area contributed by atoms with Gasteiger partial charge in [0, 0.05) is 5.69 Å². The molecule has 0 bridgehead atoms. The molecule has 1 amide bonds. The molecule has 0 saturated carbocycles. The van der Waals surface area contributed by atoms with Gasteiger partial charge in [-0.25, -0.2) is 0 Å². The Balaban J connectivity index is 1.68. The minimum atomic E-state index is -0.505. The second-order valence-electron chi connectivity index (χ2n) is 5.75. The standard InChI is InChI=1S/C21H17NO2/c23-21-20(24-18-14-8-3-9-15-18)19(16-10-4-1-5-11-16)22(21)17-12-6-2-7-13-17/h1-15,19-20H/t19-,20-/m1/s1. The predicted octanol–water partition coefficient (Wildman–Crippen LogP) is 4.22. The molecule has 1 aliphatic rings. The molecule has 24 heavy (non-hydrogen) atoms. The summed E-state index contributed by atoms with van der Waals surface area (Å²) in [5, 5.41) is 0. The number of rotatable bonds is 4. The third-order valence-electron chi connectivity index (χ3n) is 4.23. The average Bonchev–Trinajstić information content (AvgIpc) is 2.66. The molecule has 0 spiro atoms. The number of β-lactam (4-membered cyclic amide) rings is 1. The van der Waals surface area contributed by atoms with Crippen molar-refractivity contribution in [2.24, 2.45) is 0 Å². The van der Waals surface area contributed by atoms with E-state index in [1.54, 1.807) is 0 Å². The second-order valence-corrected chi connectivity index (χ2v) is 5.75. The fourth-order valence-corrected chi connectivity index (χ4v) is 3.07. The number of amides is 1. The topological polar surface area (TPSA) is 29.5 Å². The molecule has 3 aromatic carbocycles. The molecular formula is C21H17NO2. The fourth-order valence-electron chi connectivity index (χ4n) is 3.07. The van der Waals surface area contributed by atoms with Gasteiger partial charge in [0.25, 0.3) is 5.91 Å². The van der Waals surface area contributed by atoms with Crippen LogP contribution in [0.15, 0.2) is 91.0 Å². The lowest BCUT2D eigenvalue weighted by Crippen LogP contribution is -2.61. The van der Waals surface area contributed by atoms with Crippen molar-refractivity contribution in [1.29, 1.82) is 0 Å². The third-order valence-corrected chi connectivity index (χ3v) is 4.23. The molecule has 0 aliphatic carbocycles. The SMILES string of the molecule is O=C1[C@H](Oc2ccccc2)[C@@H](c2ccccc2)N1c1ccccc1. The molecule has 3 nitrogen and oxygen atoms in total. The van der Waals surface area contributed by atoms with E-state index in [1.165, 1.54) is 0 Å². The van der Waals surface area contributed by atoms with E-state index in [9.17, 15) is 4.79 Å². The highest BCUT2D eigenvalue weighted by molar-refractivity contribution is 6.05. The number of ether oxygens (including phenoxy) is 1. The maximum Gasteiger partial charge on any atom is 0.271 e. The van der Waals surface area contributed by atoms with E-state index in [4.69, 9.17) is 4.74 Å². The van der Waals surface area contributed by atoms with Crippen LogP contribution in [0, 0.1) is 0 Å². The molecule has 3 aromatic rings. The number of hydrogen-bond donors (Lipinski definition) is 0. The Morgan fingerprint density at radius 3 is 1.88 bits per heavy atom. The predicted molar refractivity (Wildman–Crippen MR) is 94.0 cm³/mol. The smallest absolute Gasteiger partial charge is 0.271 e. The summed E-state index contributed by atoms with van der Waals surface area (Å²) < 4.78 is 5.99. The van der Waals surface area contributed by atoms with Crippen LogP contribution in [-0.4, -0.2) is 12.0 Å². The molecule has 0 N–H and O–H groups in total. The number of carbonyl (C=O) groups is 1. The summed E-state index contributed by atoms with van der Waals surface area (Å²) in [5.41, 5.74) is 1.96. The monoisotopic (exact) mass is 315 g/mol. The summed E-state index contributed by atoms with van der Waals surface area (Å²) in [5.74, 6) is 0.698.